The molecule has 1 aromatic rings. The van der Waals surface area contributed by atoms with Crippen LogP contribution in [0.25, 0.3) is 0 Å². The number of hydrazine groups is 1. The minimum absolute atomic E-state index is 0.746. The Kier molecular flexibility index (Phi) is 5.48. The molecule has 1 aliphatic rings. The minimum Gasteiger partial charge on any atom is -0.493 e. The normalized spacial score (nSPS) is 16.4. The average molecular weight is 329 g/mol. The highest BCUT2D eigenvalue weighted by atomic mass is 79.9. The Morgan fingerprint density at radius 1 is 1.11 bits per heavy atom. The van der Waals surface area contributed by atoms with E-state index in [1.54, 1.807) is 14.2 Å². The number of nitrogens with zero attached hydrogens (tertiary/aromatic N) is 1. The van der Waals surface area contributed by atoms with Crippen molar-refractivity contribution in [2.45, 2.75) is 25.8 Å². The van der Waals surface area contributed by atoms with Gasteiger partial charge in [-0.1, -0.05) is 22.4 Å². The fourth-order valence-electron chi connectivity index (χ4n) is 2.28. The van der Waals surface area contributed by atoms with Gasteiger partial charge in [0.15, 0.2) is 11.5 Å². The van der Waals surface area contributed by atoms with Crippen LogP contribution < -0.4 is 14.9 Å². The molecular weight excluding hydrogens is 308 g/mol. The van der Waals surface area contributed by atoms with Gasteiger partial charge in [0.1, 0.15) is 0 Å². The summed E-state index contributed by atoms with van der Waals surface area (Å²) < 4.78 is 11.7. The Balaban J connectivity index is 2.02. The van der Waals surface area contributed by atoms with Crippen molar-refractivity contribution in [1.29, 1.82) is 0 Å². The Labute approximate surface area is 123 Å². The molecule has 0 unspecified atom stereocenters. The van der Waals surface area contributed by atoms with Gasteiger partial charge in [-0.2, -0.15) is 0 Å². The Hall–Kier alpha value is -0.780. The summed E-state index contributed by atoms with van der Waals surface area (Å²) in [5.41, 5.74) is 4.64. The first-order chi connectivity index (χ1) is 9.24. The molecule has 5 heteroatoms. The molecular formula is C14H21BrN2O2. The predicted molar refractivity (Wildman–Crippen MR) is 79.5 cm³/mol. The molecule has 0 aromatic heterocycles. The van der Waals surface area contributed by atoms with Gasteiger partial charge in [0.05, 0.1) is 14.2 Å². The Morgan fingerprint density at radius 3 is 2.37 bits per heavy atom. The lowest BCUT2D eigenvalue weighted by atomic mass is 10.1. The molecule has 19 heavy (non-hydrogen) atoms. The van der Waals surface area contributed by atoms with E-state index in [4.69, 9.17) is 9.47 Å². The molecule has 0 amide bonds. The molecule has 1 aromatic carbocycles. The number of methoxy groups -OCH3 is 2. The molecule has 0 atom stereocenters. The second kappa shape index (κ2) is 7.12. The third-order valence-corrected chi connectivity index (χ3v) is 4.14. The molecule has 1 heterocycles. The van der Waals surface area contributed by atoms with E-state index in [1.165, 1.54) is 24.8 Å². The number of rotatable bonds is 5. The molecule has 106 valence electrons. The van der Waals surface area contributed by atoms with E-state index in [0.29, 0.717) is 0 Å². The van der Waals surface area contributed by atoms with Crippen LogP contribution in [0.4, 0.5) is 0 Å². The molecule has 1 aliphatic heterocycles. The monoisotopic (exact) mass is 328 g/mol. The Bertz CT molecular complexity index is 420. The van der Waals surface area contributed by atoms with Gasteiger partial charge in [0.2, 0.25) is 0 Å². The first kappa shape index (κ1) is 14.6. The second-order valence-corrected chi connectivity index (χ2v) is 5.54. The van der Waals surface area contributed by atoms with Gasteiger partial charge in [-0.05, 0) is 30.5 Å². The van der Waals surface area contributed by atoms with E-state index >= 15 is 0 Å². The van der Waals surface area contributed by atoms with Gasteiger partial charge in [-0.25, -0.2) is 5.01 Å². The van der Waals surface area contributed by atoms with Crippen molar-refractivity contribution in [3.8, 4) is 11.5 Å². The summed E-state index contributed by atoms with van der Waals surface area (Å²) in [4.78, 5) is 0. The summed E-state index contributed by atoms with van der Waals surface area (Å²) >= 11 is 3.58. The van der Waals surface area contributed by atoms with Crippen LogP contribution >= 0.6 is 15.9 Å². The fourth-order valence-corrected chi connectivity index (χ4v) is 2.74. The van der Waals surface area contributed by atoms with E-state index in [2.05, 4.69) is 26.4 Å². The van der Waals surface area contributed by atoms with Crippen LogP contribution in [0.2, 0.25) is 0 Å². The highest BCUT2D eigenvalue weighted by molar-refractivity contribution is 9.10. The lowest BCUT2D eigenvalue weighted by Crippen LogP contribution is -2.41. The highest BCUT2D eigenvalue weighted by Crippen LogP contribution is 2.33. The van der Waals surface area contributed by atoms with E-state index in [0.717, 1.165) is 35.6 Å². The average Bonchev–Trinajstić information content (AvgIpc) is 2.46. The molecule has 1 N–H and O–H groups in total. The van der Waals surface area contributed by atoms with Crippen LogP contribution in [0.1, 0.15) is 24.8 Å². The molecule has 0 bridgehead atoms. The van der Waals surface area contributed by atoms with Crippen molar-refractivity contribution in [2.24, 2.45) is 0 Å². The maximum Gasteiger partial charge on any atom is 0.161 e. The molecule has 4 nitrogen and oxygen atoms in total. The second-order valence-electron chi connectivity index (χ2n) is 4.68. The van der Waals surface area contributed by atoms with Crippen molar-refractivity contribution in [3.63, 3.8) is 0 Å². The SMILES string of the molecule is COc1cc(Br)c(CNN2CCCCC2)cc1OC. The van der Waals surface area contributed by atoms with Crippen LogP contribution in [-0.2, 0) is 6.54 Å². The van der Waals surface area contributed by atoms with E-state index in [-0.39, 0.29) is 0 Å². The van der Waals surface area contributed by atoms with Crippen molar-refractivity contribution < 1.29 is 9.47 Å². The minimum atomic E-state index is 0.746. The number of ether oxygens (including phenoxy) is 2. The lowest BCUT2D eigenvalue weighted by molar-refractivity contribution is 0.151. The van der Waals surface area contributed by atoms with Crippen LogP contribution in [0.5, 0.6) is 11.5 Å². The number of nitrogens with one attached hydrogen (secondary N) is 1. The third-order valence-electron chi connectivity index (χ3n) is 3.40. The van der Waals surface area contributed by atoms with Crippen LogP contribution in [0.3, 0.4) is 0 Å². The number of piperidine rings is 1. The first-order valence-electron chi connectivity index (χ1n) is 6.63. The van der Waals surface area contributed by atoms with Gasteiger partial charge >= 0.3 is 0 Å². The van der Waals surface area contributed by atoms with Crippen molar-refractivity contribution in [2.75, 3.05) is 27.3 Å². The van der Waals surface area contributed by atoms with Gasteiger partial charge in [0, 0.05) is 24.1 Å². The van der Waals surface area contributed by atoms with Crippen molar-refractivity contribution >= 4 is 15.9 Å². The summed E-state index contributed by atoms with van der Waals surface area (Å²) in [6.45, 7) is 3.05. The largest absolute Gasteiger partial charge is 0.493 e. The number of benzene rings is 1. The van der Waals surface area contributed by atoms with Crippen molar-refractivity contribution in [1.82, 2.24) is 10.4 Å². The van der Waals surface area contributed by atoms with Gasteiger partial charge in [-0.3, -0.25) is 5.43 Å². The van der Waals surface area contributed by atoms with E-state index in [1.807, 2.05) is 12.1 Å². The molecule has 0 aliphatic carbocycles. The standard InChI is InChI=1S/C14H21BrN2O2/c1-18-13-8-11(12(15)9-14(13)19-2)10-16-17-6-4-3-5-7-17/h8-9,16H,3-7,10H2,1-2H3. The van der Waals surface area contributed by atoms with Gasteiger partial charge in [-0.15, -0.1) is 0 Å². The maximum absolute atomic E-state index is 5.34. The number of hydrogen-bond acceptors (Lipinski definition) is 4. The topological polar surface area (TPSA) is 33.7 Å². The van der Waals surface area contributed by atoms with Gasteiger partial charge < -0.3 is 9.47 Å². The van der Waals surface area contributed by atoms with Crippen LogP contribution in [-0.4, -0.2) is 32.3 Å². The third kappa shape index (κ3) is 3.84. The molecule has 0 spiro atoms. The quantitative estimate of drug-likeness (QED) is 0.901. The smallest absolute Gasteiger partial charge is 0.161 e. The lowest BCUT2D eigenvalue weighted by Gasteiger charge is -2.27. The van der Waals surface area contributed by atoms with Gasteiger partial charge in [0.25, 0.3) is 0 Å². The molecule has 1 saturated heterocycles. The highest BCUT2D eigenvalue weighted by Gasteiger charge is 2.12. The molecule has 2 rings (SSSR count). The molecule has 0 saturated carbocycles. The molecule has 0 radical (unpaired) electrons. The maximum atomic E-state index is 5.34. The zero-order valence-electron chi connectivity index (χ0n) is 11.5. The van der Waals surface area contributed by atoms with E-state index in [9.17, 15) is 0 Å². The summed E-state index contributed by atoms with van der Waals surface area (Å²) in [6.07, 6.45) is 3.90. The molecule has 1 fully saturated rings. The predicted octanol–water partition coefficient (Wildman–Crippen LogP) is 2.96. The van der Waals surface area contributed by atoms with Crippen LogP contribution in [0.15, 0.2) is 16.6 Å². The zero-order valence-corrected chi connectivity index (χ0v) is 13.1. The first-order valence-corrected chi connectivity index (χ1v) is 7.42. The van der Waals surface area contributed by atoms with Crippen LogP contribution in [0, 0.1) is 0 Å². The number of halogens is 1. The Morgan fingerprint density at radius 2 is 1.74 bits per heavy atom. The summed E-state index contributed by atoms with van der Waals surface area (Å²) in [7, 11) is 3.31. The van der Waals surface area contributed by atoms with Crippen molar-refractivity contribution in [3.05, 3.63) is 22.2 Å². The zero-order chi connectivity index (χ0) is 13.7. The fraction of sp³-hybridized carbons (Fsp3) is 0.571. The van der Waals surface area contributed by atoms with E-state index < -0.39 is 0 Å². The summed E-state index contributed by atoms with van der Waals surface area (Å²) in [5.74, 6) is 1.51. The summed E-state index contributed by atoms with van der Waals surface area (Å²) in [5, 5.41) is 2.30. The number of hydrogen-bond donors (Lipinski definition) is 1. The summed E-state index contributed by atoms with van der Waals surface area (Å²) in [6, 6.07) is 3.96.